The fourth-order valence-corrected chi connectivity index (χ4v) is 3.32. The number of azo groups is 1. The van der Waals surface area contributed by atoms with E-state index in [0.29, 0.717) is 10.8 Å². The van der Waals surface area contributed by atoms with Crippen LogP contribution in [-0.2, 0) is 0 Å². The Balaban J connectivity index is 2.32. The number of halogens is 1. The molecule has 1 heterocycles. The Bertz CT molecular complexity index is 231. The normalized spacial score (nSPS) is 47.6. The molecule has 0 bridgehead atoms. The Morgan fingerprint density at radius 3 is 2.18 bits per heavy atom. The largest absolute Gasteiger partial charge is 0.192 e. The Morgan fingerprint density at radius 1 is 1.36 bits per heavy atom. The molecule has 2 rings (SSSR count). The molecule has 1 aliphatic carbocycles. The monoisotopic (exact) mass is 216 g/mol. The second-order valence-electron chi connectivity index (χ2n) is 4.67. The second kappa shape index (κ2) is 1.70. The van der Waals surface area contributed by atoms with Crippen molar-refractivity contribution in [3.8, 4) is 0 Å². The van der Waals surface area contributed by atoms with Crippen LogP contribution in [-0.4, -0.2) is 11.0 Å². The molecule has 2 atom stereocenters. The second-order valence-corrected chi connectivity index (χ2v) is 5.98. The molecule has 1 saturated carbocycles. The van der Waals surface area contributed by atoms with Gasteiger partial charge < -0.3 is 0 Å². The standard InChI is InChI=1S/C8H13BrN2/c1-6(2,3)7-4-8(7,9)11-10-5-7/h4-5H2,1-3H3. The minimum atomic E-state index is 0.0122. The molecule has 0 aromatic rings. The maximum Gasteiger partial charge on any atom is 0.144 e. The van der Waals surface area contributed by atoms with Crippen LogP contribution in [0.5, 0.6) is 0 Å². The summed E-state index contributed by atoms with van der Waals surface area (Å²) in [5.41, 5.74) is 0.639. The topological polar surface area (TPSA) is 24.7 Å². The predicted molar refractivity (Wildman–Crippen MR) is 47.9 cm³/mol. The zero-order valence-corrected chi connectivity index (χ0v) is 8.77. The molecule has 3 heteroatoms. The van der Waals surface area contributed by atoms with Crippen LogP contribution in [0.15, 0.2) is 10.2 Å². The van der Waals surface area contributed by atoms with Crippen molar-refractivity contribution in [2.24, 2.45) is 21.1 Å². The van der Waals surface area contributed by atoms with E-state index in [2.05, 4.69) is 46.9 Å². The van der Waals surface area contributed by atoms with Gasteiger partial charge in [0.1, 0.15) is 4.45 Å². The Hall–Kier alpha value is 0.0800. The average Bonchev–Trinajstić information content (AvgIpc) is 2.28. The fourth-order valence-electron chi connectivity index (χ4n) is 2.01. The first-order valence-electron chi connectivity index (χ1n) is 3.99. The highest BCUT2D eigenvalue weighted by Gasteiger charge is 2.74. The van der Waals surface area contributed by atoms with E-state index < -0.39 is 0 Å². The van der Waals surface area contributed by atoms with Gasteiger partial charge in [0, 0.05) is 5.41 Å². The maximum absolute atomic E-state index is 4.22. The third-order valence-corrected chi connectivity index (χ3v) is 4.35. The van der Waals surface area contributed by atoms with Crippen molar-refractivity contribution in [2.45, 2.75) is 31.6 Å². The van der Waals surface area contributed by atoms with Crippen LogP contribution in [0.4, 0.5) is 0 Å². The number of hydrogen-bond donors (Lipinski definition) is 0. The first kappa shape index (κ1) is 7.71. The number of nitrogens with zero attached hydrogens (tertiary/aromatic N) is 2. The van der Waals surface area contributed by atoms with E-state index in [4.69, 9.17) is 0 Å². The van der Waals surface area contributed by atoms with Crippen molar-refractivity contribution >= 4 is 15.9 Å². The highest BCUT2D eigenvalue weighted by molar-refractivity contribution is 9.10. The summed E-state index contributed by atoms with van der Waals surface area (Å²) in [7, 11) is 0. The van der Waals surface area contributed by atoms with E-state index >= 15 is 0 Å². The SMILES string of the molecule is CC(C)(C)C12CN=NC1(Br)C2. The van der Waals surface area contributed by atoms with Crippen molar-refractivity contribution in [1.82, 2.24) is 0 Å². The van der Waals surface area contributed by atoms with E-state index in [1.165, 1.54) is 0 Å². The lowest BCUT2D eigenvalue weighted by Gasteiger charge is -2.28. The van der Waals surface area contributed by atoms with Gasteiger partial charge in [0.25, 0.3) is 0 Å². The van der Waals surface area contributed by atoms with E-state index in [0.717, 1.165) is 13.0 Å². The highest BCUT2D eigenvalue weighted by atomic mass is 79.9. The van der Waals surface area contributed by atoms with Crippen LogP contribution in [0, 0.1) is 10.8 Å². The molecule has 0 N–H and O–H groups in total. The molecule has 0 aromatic carbocycles. The first-order chi connectivity index (χ1) is 4.91. The molecule has 1 aliphatic heterocycles. The number of fused-ring (bicyclic) bond motifs is 1. The van der Waals surface area contributed by atoms with Crippen LogP contribution in [0.1, 0.15) is 27.2 Å². The highest BCUT2D eigenvalue weighted by Crippen LogP contribution is 2.73. The van der Waals surface area contributed by atoms with E-state index in [-0.39, 0.29) is 4.45 Å². The number of rotatable bonds is 0. The molecule has 2 aliphatic rings. The van der Waals surface area contributed by atoms with Gasteiger partial charge in [-0.05, 0) is 11.8 Å². The summed E-state index contributed by atoms with van der Waals surface area (Å²) >= 11 is 3.65. The van der Waals surface area contributed by atoms with E-state index in [9.17, 15) is 0 Å². The smallest absolute Gasteiger partial charge is 0.144 e. The minimum Gasteiger partial charge on any atom is -0.192 e. The molecular formula is C8H13BrN2. The van der Waals surface area contributed by atoms with Gasteiger partial charge in [-0.15, -0.1) is 0 Å². The Labute approximate surface area is 75.6 Å². The van der Waals surface area contributed by atoms with Gasteiger partial charge in [-0.25, -0.2) is 0 Å². The quantitative estimate of drug-likeness (QED) is 0.440. The van der Waals surface area contributed by atoms with Gasteiger partial charge in [-0.3, -0.25) is 0 Å². The molecule has 0 spiro atoms. The Morgan fingerprint density at radius 2 is 2.00 bits per heavy atom. The zero-order valence-electron chi connectivity index (χ0n) is 7.19. The maximum atomic E-state index is 4.22. The lowest BCUT2D eigenvalue weighted by molar-refractivity contribution is 0.224. The van der Waals surface area contributed by atoms with Gasteiger partial charge in [0.15, 0.2) is 0 Å². The molecule has 0 radical (unpaired) electrons. The average molecular weight is 217 g/mol. The molecule has 0 aromatic heterocycles. The van der Waals surface area contributed by atoms with Crippen molar-refractivity contribution < 1.29 is 0 Å². The van der Waals surface area contributed by atoms with Crippen LogP contribution in [0.3, 0.4) is 0 Å². The van der Waals surface area contributed by atoms with Crippen molar-refractivity contribution in [2.75, 3.05) is 6.54 Å². The number of alkyl halides is 1. The summed E-state index contributed by atoms with van der Waals surface area (Å²) in [5, 5.41) is 8.33. The van der Waals surface area contributed by atoms with E-state index in [1.54, 1.807) is 0 Å². The molecule has 62 valence electrons. The summed E-state index contributed by atoms with van der Waals surface area (Å²) < 4.78 is 0.0122. The van der Waals surface area contributed by atoms with Crippen molar-refractivity contribution in [1.29, 1.82) is 0 Å². The van der Waals surface area contributed by atoms with Gasteiger partial charge in [0.2, 0.25) is 0 Å². The molecule has 0 saturated heterocycles. The van der Waals surface area contributed by atoms with Crippen LogP contribution >= 0.6 is 15.9 Å². The Kier molecular flexibility index (Phi) is 1.20. The lowest BCUT2D eigenvalue weighted by Crippen LogP contribution is -2.28. The first-order valence-corrected chi connectivity index (χ1v) is 4.78. The summed E-state index contributed by atoms with van der Waals surface area (Å²) in [6, 6.07) is 0. The number of hydrogen-bond acceptors (Lipinski definition) is 2. The van der Waals surface area contributed by atoms with Gasteiger partial charge in [-0.2, -0.15) is 10.2 Å². The van der Waals surface area contributed by atoms with Crippen molar-refractivity contribution in [3.63, 3.8) is 0 Å². The molecule has 11 heavy (non-hydrogen) atoms. The van der Waals surface area contributed by atoms with E-state index in [1.807, 2.05) is 0 Å². The molecule has 2 nitrogen and oxygen atoms in total. The summed E-state index contributed by atoms with van der Waals surface area (Å²) in [6.07, 6.45) is 1.16. The van der Waals surface area contributed by atoms with Crippen molar-refractivity contribution in [3.05, 3.63) is 0 Å². The summed E-state index contributed by atoms with van der Waals surface area (Å²) in [5.74, 6) is 0. The minimum absolute atomic E-state index is 0.0122. The van der Waals surface area contributed by atoms with Crippen LogP contribution in [0.2, 0.25) is 0 Å². The van der Waals surface area contributed by atoms with Gasteiger partial charge in [0.05, 0.1) is 6.54 Å². The summed E-state index contributed by atoms with van der Waals surface area (Å²) in [6.45, 7) is 7.72. The summed E-state index contributed by atoms with van der Waals surface area (Å²) in [4.78, 5) is 0. The van der Waals surface area contributed by atoms with Gasteiger partial charge in [-0.1, -0.05) is 36.7 Å². The third-order valence-electron chi connectivity index (χ3n) is 3.15. The molecular weight excluding hydrogens is 204 g/mol. The van der Waals surface area contributed by atoms with Crippen LogP contribution < -0.4 is 0 Å². The van der Waals surface area contributed by atoms with Gasteiger partial charge >= 0.3 is 0 Å². The predicted octanol–water partition coefficient (Wildman–Crippen LogP) is 2.98. The lowest BCUT2D eigenvalue weighted by atomic mass is 9.77. The van der Waals surface area contributed by atoms with Crippen LogP contribution in [0.25, 0.3) is 0 Å². The fraction of sp³-hybridized carbons (Fsp3) is 1.00. The molecule has 0 amide bonds. The molecule has 1 fully saturated rings. The zero-order chi connectivity index (χ0) is 8.33. The third kappa shape index (κ3) is 0.727. The molecule has 2 unspecified atom stereocenters.